The van der Waals surface area contributed by atoms with Gasteiger partial charge in [-0.1, -0.05) is 26.0 Å². The first kappa shape index (κ1) is 21.5. The highest BCUT2D eigenvalue weighted by molar-refractivity contribution is 5.80. The third-order valence-corrected chi connectivity index (χ3v) is 4.87. The van der Waals surface area contributed by atoms with Crippen molar-refractivity contribution in [2.75, 3.05) is 21.3 Å². The first-order valence-corrected chi connectivity index (χ1v) is 9.98. The summed E-state index contributed by atoms with van der Waals surface area (Å²) in [5, 5.41) is 3.13. The number of aromatic nitrogens is 2. The molecule has 7 heteroatoms. The second kappa shape index (κ2) is 9.52. The second-order valence-corrected chi connectivity index (χ2v) is 7.60. The summed E-state index contributed by atoms with van der Waals surface area (Å²) in [5.41, 5.74) is 2.62. The minimum atomic E-state index is -0.202. The van der Waals surface area contributed by atoms with Gasteiger partial charge in [-0.05, 0) is 42.2 Å². The molecular formula is C23H29N3O4. The van der Waals surface area contributed by atoms with Crippen molar-refractivity contribution in [3.63, 3.8) is 0 Å². The number of carbonyl (C=O) groups is 1. The fraction of sp³-hybridized carbons (Fsp3) is 0.391. The van der Waals surface area contributed by atoms with Crippen LogP contribution in [0.25, 0.3) is 11.0 Å². The van der Waals surface area contributed by atoms with Crippen LogP contribution in [0.3, 0.4) is 0 Å². The van der Waals surface area contributed by atoms with Gasteiger partial charge < -0.3 is 24.5 Å². The molecule has 1 heterocycles. The first-order chi connectivity index (χ1) is 14.4. The normalized spacial score (nSPS) is 12.1. The Morgan fingerprint density at radius 2 is 1.73 bits per heavy atom. The van der Waals surface area contributed by atoms with Crippen molar-refractivity contribution in [2.24, 2.45) is 5.92 Å². The zero-order chi connectivity index (χ0) is 21.7. The average Bonchev–Trinajstić information content (AvgIpc) is 3.16. The molecule has 0 aliphatic heterocycles. The minimum absolute atomic E-state index is 0.102. The van der Waals surface area contributed by atoms with Crippen molar-refractivity contribution in [3.8, 4) is 17.2 Å². The minimum Gasteiger partial charge on any atom is -0.493 e. The lowest BCUT2D eigenvalue weighted by Crippen LogP contribution is -2.31. The summed E-state index contributed by atoms with van der Waals surface area (Å²) >= 11 is 0. The van der Waals surface area contributed by atoms with Gasteiger partial charge in [-0.2, -0.15) is 0 Å². The zero-order valence-corrected chi connectivity index (χ0v) is 18.1. The van der Waals surface area contributed by atoms with Gasteiger partial charge in [0.1, 0.15) is 5.82 Å². The van der Waals surface area contributed by atoms with E-state index in [1.54, 1.807) is 33.5 Å². The van der Waals surface area contributed by atoms with Gasteiger partial charge in [0, 0.05) is 0 Å². The van der Waals surface area contributed by atoms with Crippen LogP contribution < -0.4 is 19.5 Å². The molecule has 3 rings (SSSR count). The fourth-order valence-corrected chi connectivity index (χ4v) is 3.52. The molecule has 0 spiro atoms. The molecule has 0 saturated heterocycles. The number of nitrogens with one attached hydrogen (secondary N) is 2. The maximum Gasteiger partial charge on any atom is 0.225 e. The van der Waals surface area contributed by atoms with Crippen molar-refractivity contribution in [3.05, 3.63) is 47.8 Å². The maximum absolute atomic E-state index is 12.9. The molecule has 0 aliphatic carbocycles. The van der Waals surface area contributed by atoms with Crippen LogP contribution in [-0.2, 0) is 11.2 Å². The summed E-state index contributed by atoms with van der Waals surface area (Å²) in [4.78, 5) is 20.9. The smallest absolute Gasteiger partial charge is 0.225 e. The Morgan fingerprint density at radius 3 is 2.30 bits per heavy atom. The molecule has 0 fully saturated rings. The standard InChI is InChI=1S/C23H29N3O4/c1-14(2)10-18(23-25-16-8-6-7-9-17(16)26-23)24-21(27)13-15-11-19(28-3)22(30-5)20(12-15)29-4/h6-9,11-12,14,18H,10,13H2,1-5H3,(H,24,27)(H,25,26)/t18-/m1/s1. The monoisotopic (exact) mass is 411 g/mol. The predicted octanol–water partition coefficient (Wildman–Crippen LogP) is 4.03. The molecule has 0 bridgehead atoms. The van der Waals surface area contributed by atoms with Gasteiger partial charge in [0.2, 0.25) is 11.7 Å². The second-order valence-electron chi connectivity index (χ2n) is 7.60. The van der Waals surface area contributed by atoms with E-state index in [9.17, 15) is 4.79 Å². The third kappa shape index (κ3) is 4.84. The van der Waals surface area contributed by atoms with Crippen LogP contribution in [0.4, 0.5) is 0 Å². The summed E-state index contributed by atoms with van der Waals surface area (Å²) in [6, 6.07) is 11.2. The van der Waals surface area contributed by atoms with Crippen molar-refractivity contribution in [1.82, 2.24) is 15.3 Å². The summed E-state index contributed by atoms with van der Waals surface area (Å²) in [7, 11) is 4.67. The third-order valence-electron chi connectivity index (χ3n) is 4.87. The predicted molar refractivity (Wildman–Crippen MR) is 116 cm³/mol. The van der Waals surface area contributed by atoms with Crippen LogP contribution in [0.2, 0.25) is 0 Å². The Balaban J connectivity index is 1.81. The topological polar surface area (TPSA) is 85.5 Å². The number of para-hydroxylation sites is 2. The number of nitrogens with zero attached hydrogens (tertiary/aromatic N) is 1. The average molecular weight is 412 g/mol. The Labute approximate surface area is 176 Å². The van der Waals surface area contributed by atoms with E-state index in [2.05, 4.69) is 29.1 Å². The van der Waals surface area contributed by atoms with Gasteiger partial charge in [-0.15, -0.1) is 0 Å². The van der Waals surface area contributed by atoms with Gasteiger partial charge in [0.25, 0.3) is 0 Å². The number of rotatable bonds is 9. The van der Waals surface area contributed by atoms with E-state index in [-0.39, 0.29) is 18.4 Å². The highest BCUT2D eigenvalue weighted by atomic mass is 16.5. The molecule has 0 radical (unpaired) electrons. The maximum atomic E-state index is 12.9. The highest BCUT2D eigenvalue weighted by Crippen LogP contribution is 2.38. The van der Waals surface area contributed by atoms with E-state index in [0.29, 0.717) is 23.2 Å². The SMILES string of the molecule is COc1cc(CC(=O)N[C@H](CC(C)C)c2nc3ccccc3[nH]2)cc(OC)c1OC. The number of fused-ring (bicyclic) bond motifs is 1. The Bertz CT molecular complexity index is 955. The van der Waals surface area contributed by atoms with Crippen LogP contribution in [0.1, 0.15) is 37.7 Å². The lowest BCUT2D eigenvalue weighted by molar-refractivity contribution is -0.121. The quantitative estimate of drug-likeness (QED) is 0.555. The Kier molecular flexibility index (Phi) is 6.82. The lowest BCUT2D eigenvalue weighted by Gasteiger charge is -2.19. The highest BCUT2D eigenvalue weighted by Gasteiger charge is 2.21. The number of imidazole rings is 1. The van der Waals surface area contributed by atoms with Gasteiger partial charge in [0.05, 0.1) is 44.8 Å². The molecule has 0 unspecified atom stereocenters. The number of hydrogen-bond donors (Lipinski definition) is 2. The van der Waals surface area contributed by atoms with Gasteiger partial charge >= 0.3 is 0 Å². The van der Waals surface area contributed by atoms with E-state index in [1.807, 2.05) is 24.3 Å². The van der Waals surface area contributed by atoms with Crippen LogP contribution in [0.5, 0.6) is 17.2 Å². The zero-order valence-electron chi connectivity index (χ0n) is 18.1. The number of hydrogen-bond acceptors (Lipinski definition) is 5. The van der Waals surface area contributed by atoms with E-state index in [4.69, 9.17) is 14.2 Å². The van der Waals surface area contributed by atoms with E-state index >= 15 is 0 Å². The molecule has 30 heavy (non-hydrogen) atoms. The van der Waals surface area contributed by atoms with Crippen LogP contribution >= 0.6 is 0 Å². The molecule has 1 atom stereocenters. The van der Waals surface area contributed by atoms with Crippen molar-refractivity contribution in [2.45, 2.75) is 32.7 Å². The Morgan fingerprint density at radius 1 is 1.07 bits per heavy atom. The van der Waals surface area contributed by atoms with Crippen LogP contribution in [-0.4, -0.2) is 37.2 Å². The summed E-state index contributed by atoms with van der Waals surface area (Å²) < 4.78 is 16.1. The largest absolute Gasteiger partial charge is 0.493 e. The van der Waals surface area contributed by atoms with Gasteiger partial charge in [0.15, 0.2) is 11.5 Å². The first-order valence-electron chi connectivity index (χ1n) is 9.98. The van der Waals surface area contributed by atoms with E-state index in [0.717, 1.165) is 28.8 Å². The van der Waals surface area contributed by atoms with Crippen LogP contribution in [0, 0.1) is 5.92 Å². The van der Waals surface area contributed by atoms with Crippen molar-refractivity contribution in [1.29, 1.82) is 0 Å². The van der Waals surface area contributed by atoms with E-state index in [1.165, 1.54) is 0 Å². The molecule has 160 valence electrons. The molecule has 2 N–H and O–H groups in total. The molecule has 7 nitrogen and oxygen atoms in total. The van der Waals surface area contributed by atoms with Gasteiger partial charge in [-0.3, -0.25) is 4.79 Å². The molecule has 2 aromatic carbocycles. The number of ether oxygens (including phenoxy) is 3. The fourth-order valence-electron chi connectivity index (χ4n) is 3.52. The summed E-state index contributed by atoms with van der Waals surface area (Å²) in [6.07, 6.45) is 0.965. The Hall–Kier alpha value is -3.22. The number of H-pyrrole nitrogens is 1. The van der Waals surface area contributed by atoms with Crippen molar-refractivity contribution >= 4 is 16.9 Å². The van der Waals surface area contributed by atoms with Crippen molar-refractivity contribution < 1.29 is 19.0 Å². The number of carbonyl (C=O) groups excluding carboxylic acids is 1. The number of benzene rings is 2. The molecular weight excluding hydrogens is 382 g/mol. The molecule has 0 aliphatic rings. The number of methoxy groups -OCH3 is 3. The van der Waals surface area contributed by atoms with Gasteiger partial charge in [-0.25, -0.2) is 4.98 Å². The molecule has 1 amide bonds. The number of amides is 1. The number of aromatic amines is 1. The summed E-state index contributed by atoms with van der Waals surface area (Å²) in [6.45, 7) is 4.25. The molecule has 1 aromatic heterocycles. The lowest BCUT2D eigenvalue weighted by atomic mass is 10.0. The molecule has 3 aromatic rings. The molecule has 0 saturated carbocycles. The van der Waals surface area contributed by atoms with Crippen LogP contribution in [0.15, 0.2) is 36.4 Å². The van der Waals surface area contributed by atoms with E-state index < -0.39 is 0 Å². The summed E-state index contributed by atoms with van der Waals surface area (Å²) in [5.74, 6) is 2.61.